The lowest BCUT2D eigenvalue weighted by Gasteiger charge is -2.20. The summed E-state index contributed by atoms with van der Waals surface area (Å²) in [7, 11) is 1.86. The van der Waals surface area contributed by atoms with Crippen molar-refractivity contribution in [2.75, 3.05) is 11.9 Å². The number of rotatable bonds is 4. The summed E-state index contributed by atoms with van der Waals surface area (Å²) >= 11 is 0. The maximum Gasteiger partial charge on any atom is 0.287 e. The lowest BCUT2D eigenvalue weighted by molar-refractivity contribution is -0.385. The van der Waals surface area contributed by atoms with Crippen LogP contribution in [0.5, 0.6) is 0 Å². The van der Waals surface area contributed by atoms with Crippen molar-refractivity contribution < 1.29 is 4.92 Å². The van der Waals surface area contributed by atoms with Crippen LogP contribution in [0.25, 0.3) is 0 Å². The standard InChI is InChI=1S/C16H15N3O2/c1-3-12-4-6-14(7-5-12)18(2)15-8-9-16(19(20)21)13(10-15)11-17/h4-10H,3H2,1-2H3. The number of nitro groups is 1. The van der Waals surface area contributed by atoms with Gasteiger partial charge in [0, 0.05) is 24.5 Å². The van der Waals surface area contributed by atoms with E-state index in [2.05, 4.69) is 6.92 Å². The van der Waals surface area contributed by atoms with E-state index in [0.717, 1.165) is 17.8 Å². The summed E-state index contributed by atoms with van der Waals surface area (Å²) in [5.41, 5.74) is 2.84. The molecule has 0 fully saturated rings. The highest BCUT2D eigenvalue weighted by atomic mass is 16.6. The zero-order chi connectivity index (χ0) is 15.4. The molecule has 2 rings (SSSR count). The Bertz CT molecular complexity index is 702. The maximum absolute atomic E-state index is 10.8. The van der Waals surface area contributed by atoms with Gasteiger partial charge < -0.3 is 4.90 Å². The van der Waals surface area contributed by atoms with Crippen LogP contribution in [0.15, 0.2) is 42.5 Å². The van der Waals surface area contributed by atoms with Gasteiger partial charge in [-0.3, -0.25) is 10.1 Å². The Labute approximate surface area is 123 Å². The largest absolute Gasteiger partial charge is 0.345 e. The minimum absolute atomic E-state index is 0.0644. The second kappa shape index (κ2) is 6.06. The predicted octanol–water partition coefficient (Wildman–Crippen LogP) is 3.80. The minimum Gasteiger partial charge on any atom is -0.345 e. The lowest BCUT2D eigenvalue weighted by atomic mass is 10.1. The number of aryl methyl sites for hydroxylation is 1. The van der Waals surface area contributed by atoms with Gasteiger partial charge in [-0.05, 0) is 36.2 Å². The van der Waals surface area contributed by atoms with Gasteiger partial charge in [-0.15, -0.1) is 0 Å². The van der Waals surface area contributed by atoms with Crippen LogP contribution in [-0.2, 0) is 6.42 Å². The fourth-order valence-electron chi connectivity index (χ4n) is 2.09. The summed E-state index contributed by atoms with van der Waals surface area (Å²) < 4.78 is 0. The molecule has 0 aliphatic heterocycles. The number of nitrogens with zero attached hydrogens (tertiary/aromatic N) is 3. The third-order valence-corrected chi connectivity index (χ3v) is 3.42. The molecule has 0 amide bonds. The summed E-state index contributed by atoms with van der Waals surface area (Å²) in [6.45, 7) is 2.09. The van der Waals surface area contributed by atoms with Crippen LogP contribution >= 0.6 is 0 Å². The Morgan fingerprint density at radius 3 is 2.33 bits per heavy atom. The number of benzene rings is 2. The molecule has 106 valence electrons. The molecule has 0 unspecified atom stereocenters. The van der Waals surface area contributed by atoms with Crippen LogP contribution in [0.3, 0.4) is 0 Å². The molecule has 0 N–H and O–H groups in total. The van der Waals surface area contributed by atoms with Gasteiger partial charge in [-0.25, -0.2) is 0 Å². The molecule has 0 saturated carbocycles. The highest BCUT2D eigenvalue weighted by molar-refractivity contribution is 5.67. The van der Waals surface area contributed by atoms with E-state index in [1.807, 2.05) is 42.3 Å². The van der Waals surface area contributed by atoms with Crippen LogP contribution in [0.1, 0.15) is 18.1 Å². The van der Waals surface area contributed by atoms with E-state index in [4.69, 9.17) is 5.26 Å². The molecule has 0 aliphatic carbocycles. The highest BCUT2D eigenvalue weighted by Crippen LogP contribution is 2.28. The molecule has 0 heterocycles. The number of nitro benzene ring substituents is 1. The Morgan fingerprint density at radius 1 is 1.19 bits per heavy atom. The van der Waals surface area contributed by atoms with Crippen LogP contribution in [0.4, 0.5) is 17.1 Å². The molecule has 0 saturated heterocycles. The molecule has 0 aliphatic rings. The van der Waals surface area contributed by atoms with Crippen molar-refractivity contribution in [2.45, 2.75) is 13.3 Å². The van der Waals surface area contributed by atoms with E-state index in [1.54, 1.807) is 6.07 Å². The molecule has 2 aromatic rings. The molecule has 0 bridgehead atoms. The molecule has 21 heavy (non-hydrogen) atoms. The minimum atomic E-state index is -0.543. The zero-order valence-corrected chi connectivity index (χ0v) is 11.9. The molecule has 0 spiro atoms. The molecule has 5 heteroatoms. The fourth-order valence-corrected chi connectivity index (χ4v) is 2.09. The third-order valence-electron chi connectivity index (χ3n) is 3.42. The van der Waals surface area contributed by atoms with Crippen LogP contribution in [-0.4, -0.2) is 12.0 Å². The van der Waals surface area contributed by atoms with Gasteiger partial charge in [0.1, 0.15) is 11.6 Å². The summed E-state index contributed by atoms with van der Waals surface area (Å²) in [4.78, 5) is 12.2. The average Bonchev–Trinajstić information content (AvgIpc) is 2.53. The van der Waals surface area contributed by atoms with Gasteiger partial charge in [0.05, 0.1) is 4.92 Å². The second-order valence-corrected chi connectivity index (χ2v) is 4.65. The van der Waals surface area contributed by atoms with E-state index < -0.39 is 4.92 Å². The van der Waals surface area contributed by atoms with Crippen LogP contribution in [0, 0.1) is 21.4 Å². The SMILES string of the molecule is CCc1ccc(N(C)c2ccc([N+](=O)[O-])c(C#N)c2)cc1. The second-order valence-electron chi connectivity index (χ2n) is 4.65. The summed E-state index contributed by atoms with van der Waals surface area (Å²) in [5, 5.41) is 19.9. The number of nitriles is 1. The van der Waals surface area contributed by atoms with Gasteiger partial charge in [0.15, 0.2) is 0 Å². The summed E-state index contributed by atoms with van der Waals surface area (Å²) in [6.07, 6.45) is 0.972. The van der Waals surface area contributed by atoms with E-state index in [9.17, 15) is 10.1 Å². The zero-order valence-electron chi connectivity index (χ0n) is 11.9. The van der Waals surface area contributed by atoms with Crippen molar-refractivity contribution in [1.29, 1.82) is 5.26 Å². The predicted molar refractivity (Wildman–Crippen MR) is 81.7 cm³/mol. The summed E-state index contributed by atoms with van der Waals surface area (Å²) in [5.74, 6) is 0. The topological polar surface area (TPSA) is 70.2 Å². The van der Waals surface area contributed by atoms with Crippen molar-refractivity contribution in [3.8, 4) is 6.07 Å². The molecule has 2 aromatic carbocycles. The molecular weight excluding hydrogens is 266 g/mol. The quantitative estimate of drug-likeness (QED) is 0.631. The Kier molecular flexibility index (Phi) is 4.19. The third kappa shape index (κ3) is 3.00. The first kappa shape index (κ1) is 14.5. The lowest BCUT2D eigenvalue weighted by Crippen LogP contribution is -2.10. The molecule has 0 atom stereocenters. The van der Waals surface area contributed by atoms with E-state index in [1.165, 1.54) is 17.7 Å². The van der Waals surface area contributed by atoms with Crippen molar-refractivity contribution in [2.24, 2.45) is 0 Å². The van der Waals surface area contributed by atoms with Gasteiger partial charge in [-0.1, -0.05) is 19.1 Å². The number of hydrogen-bond donors (Lipinski definition) is 0. The van der Waals surface area contributed by atoms with Crippen molar-refractivity contribution in [1.82, 2.24) is 0 Å². The van der Waals surface area contributed by atoms with Crippen molar-refractivity contribution >= 4 is 17.1 Å². The van der Waals surface area contributed by atoms with E-state index in [0.29, 0.717) is 0 Å². The Morgan fingerprint density at radius 2 is 1.81 bits per heavy atom. The average molecular weight is 281 g/mol. The van der Waals surface area contributed by atoms with Gasteiger partial charge in [0.25, 0.3) is 5.69 Å². The van der Waals surface area contributed by atoms with Gasteiger partial charge in [-0.2, -0.15) is 5.26 Å². The fraction of sp³-hybridized carbons (Fsp3) is 0.188. The Balaban J connectivity index is 2.36. The van der Waals surface area contributed by atoms with Gasteiger partial charge >= 0.3 is 0 Å². The smallest absolute Gasteiger partial charge is 0.287 e. The van der Waals surface area contributed by atoms with E-state index >= 15 is 0 Å². The Hall–Kier alpha value is -2.87. The molecular formula is C16H15N3O2. The molecule has 0 radical (unpaired) electrons. The maximum atomic E-state index is 10.8. The van der Waals surface area contributed by atoms with Crippen molar-refractivity contribution in [3.63, 3.8) is 0 Å². The van der Waals surface area contributed by atoms with Crippen molar-refractivity contribution in [3.05, 3.63) is 63.7 Å². The highest BCUT2D eigenvalue weighted by Gasteiger charge is 2.15. The van der Waals surface area contributed by atoms with Crippen LogP contribution in [0.2, 0.25) is 0 Å². The number of hydrogen-bond acceptors (Lipinski definition) is 4. The van der Waals surface area contributed by atoms with E-state index in [-0.39, 0.29) is 11.3 Å². The molecule has 5 nitrogen and oxygen atoms in total. The first-order valence-electron chi connectivity index (χ1n) is 6.58. The first-order chi connectivity index (χ1) is 10.1. The number of anilines is 2. The molecule has 0 aromatic heterocycles. The normalized spacial score (nSPS) is 9.95. The van der Waals surface area contributed by atoms with Gasteiger partial charge in [0.2, 0.25) is 0 Å². The van der Waals surface area contributed by atoms with Crippen LogP contribution < -0.4 is 4.90 Å². The first-order valence-corrected chi connectivity index (χ1v) is 6.58. The monoisotopic (exact) mass is 281 g/mol. The summed E-state index contributed by atoms with van der Waals surface area (Å²) in [6, 6.07) is 14.5.